The standard InChI is InChI=1S/C11H11NO3S/c1-7-6-9-8(11(12-7)15-2)4-3-5-10(9)16(13)14/h3-6H,1-2H3,(H,13,14). The van der Waals surface area contributed by atoms with Crippen LogP contribution in [0.5, 0.6) is 5.88 Å². The third-order valence-corrected chi connectivity index (χ3v) is 3.04. The van der Waals surface area contributed by atoms with Crippen LogP contribution in [-0.2, 0) is 11.1 Å². The summed E-state index contributed by atoms with van der Waals surface area (Å²) in [6, 6.07) is 6.93. The number of pyridine rings is 1. The van der Waals surface area contributed by atoms with Gasteiger partial charge in [0, 0.05) is 16.5 Å². The van der Waals surface area contributed by atoms with E-state index in [9.17, 15) is 8.76 Å². The fourth-order valence-electron chi connectivity index (χ4n) is 1.65. The molecule has 0 fully saturated rings. The lowest BCUT2D eigenvalue weighted by Gasteiger charge is -2.08. The SMILES string of the molecule is COc1nc(C)cc2c(S(=O)O)cccc12. The third kappa shape index (κ3) is 1.79. The molecule has 1 heterocycles. The Labute approximate surface area is 95.6 Å². The van der Waals surface area contributed by atoms with Gasteiger partial charge in [-0.05, 0) is 25.1 Å². The summed E-state index contributed by atoms with van der Waals surface area (Å²) in [5, 5.41) is 1.45. The van der Waals surface area contributed by atoms with Gasteiger partial charge in [-0.25, -0.2) is 9.19 Å². The molecule has 5 heteroatoms. The molecule has 0 radical (unpaired) electrons. The molecule has 1 unspecified atom stereocenters. The van der Waals surface area contributed by atoms with Crippen LogP contribution < -0.4 is 4.74 Å². The van der Waals surface area contributed by atoms with E-state index in [4.69, 9.17) is 4.74 Å². The molecular formula is C11H11NO3S. The van der Waals surface area contributed by atoms with Crippen molar-refractivity contribution in [2.24, 2.45) is 0 Å². The minimum absolute atomic E-state index is 0.376. The van der Waals surface area contributed by atoms with Crippen LogP contribution in [0.3, 0.4) is 0 Å². The second kappa shape index (κ2) is 4.19. The lowest BCUT2D eigenvalue weighted by molar-refractivity contribution is 0.402. The summed E-state index contributed by atoms with van der Waals surface area (Å²) >= 11 is -2.01. The van der Waals surface area contributed by atoms with E-state index in [-0.39, 0.29) is 0 Å². The molecule has 0 amide bonds. The molecule has 0 aliphatic carbocycles. The molecule has 0 saturated heterocycles. The number of ether oxygens (including phenoxy) is 1. The minimum atomic E-state index is -2.01. The topological polar surface area (TPSA) is 59.4 Å². The van der Waals surface area contributed by atoms with E-state index in [1.165, 1.54) is 7.11 Å². The highest BCUT2D eigenvalue weighted by molar-refractivity contribution is 7.79. The molecular weight excluding hydrogens is 226 g/mol. The summed E-state index contributed by atoms with van der Waals surface area (Å²) in [5.74, 6) is 0.474. The third-order valence-electron chi connectivity index (χ3n) is 2.31. The van der Waals surface area contributed by atoms with Crippen LogP contribution in [0, 0.1) is 6.92 Å². The second-order valence-electron chi connectivity index (χ2n) is 3.37. The Morgan fingerprint density at radius 2 is 2.12 bits per heavy atom. The summed E-state index contributed by atoms with van der Waals surface area (Å²) < 4.78 is 25.5. The van der Waals surface area contributed by atoms with E-state index in [1.807, 2.05) is 13.0 Å². The van der Waals surface area contributed by atoms with Crippen LogP contribution in [0.1, 0.15) is 5.69 Å². The first-order valence-electron chi connectivity index (χ1n) is 4.68. The van der Waals surface area contributed by atoms with Crippen molar-refractivity contribution in [3.63, 3.8) is 0 Å². The van der Waals surface area contributed by atoms with E-state index in [0.29, 0.717) is 16.2 Å². The molecule has 84 valence electrons. The normalized spacial score (nSPS) is 12.7. The van der Waals surface area contributed by atoms with Crippen LogP contribution >= 0.6 is 0 Å². The van der Waals surface area contributed by atoms with Gasteiger partial charge in [-0.15, -0.1) is 0 Å². The number of fused-ring (bicyclic) bond motifs is 1. The summed E-state index contributed by atoms with van der Waals surface area (Å²) in [6.45, 7) is 1.82. The van der Waals surface area contributed by atoms with Crippen molar-refractivity contribution in [1.82, 2.24) is 4.98 Å². The van der Waals surface area contributed by atoms with Crippen LogP contribution in [0.25, 0.3) is 10.8 Å². The Hall–Kier alpha value is -1.46. The predicted octanol–water partition coefficient (Wildman–Crippen LogP) is 2.13. The molecule has 1 aromatic heterocycles. The largest absolute Gasteiger partial charge is 0.481 e. The van der Waals surface area contributed by atoms with Crippen molar-refractivity contribution >= 4 is 21.9 Å². The Balaban J connectivity index is 2.87. The molecule has 0 spiro atoms. The fourth-order valence-corrected chi connectivity index (χ4v) is 2.20. The van der Waals surface area contributed by atoms with Gasteiger partial charge in [-0.3, -0.25) is 0 Å². The van der Waals surface area contributed by atoms with E-state index in [1.54, 1.807) is 18.2 Å². The second-order valence-corrected chi connectivity index (χ2v) is 4.31. The molecule has 0 aliphatic rings. The van der Waals surface area contributed by atoms with Crippen molar-refractivity contribution in [2.75, 3.05) is 7.11 Å². The van der Waals surface area contributed by atoms with Gasteiger partial charge in [-0.2, -0.15) is 0 Å². The van der Waals surface area contributed by atoms with Crippen LogP contribution in [0.4, 0.5) is 0 Å². The van der Waals surface area contributed by atoms with Gasteiger partial charge < -0.3 is 9.29 Å². The van der Waals surface area contributed by atoms with Gasteiger partial charge in [-0.1, -0.05) is 6.07 Å². The first kappa shape index (κ1) is 11.0. The molecule has 2 rings (SSSR count). The van der Waals surface area contributed by atoms with Crippen molar-refractivity contribution in [2.45, 2.75) is 11.8 Å². The summed E-state index contributed by atoms with van der Waals surface area (Å²) in [6.07, 6.45) is 0. The lowest BCUT2D eigenvalue weighted by atomic mass is 10.1. The number of aromatic nitrogens is 1. The maximum absolute atomic E-state index is 11.2. The molecule has 0 bridgehead atoms. The predicted molar refractivity (Wildman–Crippen MR) is 62.1 cm³/mol. The zero-order valence-corrected chi connectivity index (χ0v) is 9.75. The van der Waals surface area contributed by atoms with Crippen molar-refractivity contribution in [3.8, 4) is 5.88 Å². The highest BCUT2D eigenvalue weighted by Crippen LogP contribution is 2.28. The van der Waals surface area contributed by atoms with Gasteiger partial charge >= 0.3 is 0 Å². The summed E-state index contributed by atoms with van der Waals surface area (Å²) in [5.41, 5.74) is 0.752. The lowest BCUT2D eigenvalue weighted by Crippen LogP contribution is -1.95. The monoisotopic (exact) mass is 237 g/mol. The first-order chi connectivity index (χ1) is 7.63. The number of benzene rings is 1. The number of methoxy groups -OCH3 is 1. The van der Waals surface area contributed by atoms with Gasteiger partial charge in [0.15, 0.2) is 11.1 Å². The van der Waals surface area contributed by atoms with Crippen LogP contribution in [-0.4, -0.2) is 20.9 Å². The van der Waals surface area contributed by atoms with Crippen LogP contribution in [0.15, 0.2) is 29.2 Å². The van der Waals surface area contributed by atoms with E-state index in [2.05, 4.69) is 4.98 Å². The average molecular weight is 237 g/mol. The smallest absolute Gasteiger partial charge is 0.221 e. The molecule has 1 atom stereocenters. The van der Waals surface area contributed by atoms with Crippen molar-refractivity contribution < 1.29 is 13.5 Å². The number of rotatable bonds is 2. The molecule has 1 N–H and O–H groups in total. The van der Waals surface area contributed by atoms with E-state index < -0.39 is 11.1 Å². The quantitative estimate of drug-likeness (QED) is 0.813. The molecule has 1 aromatic carbocycles. The number of aryl methyl sites for hydroxylation is 1. The Morgan fingerprint density at radius 3 is 2.75 bits per heavy atom. The van der Waals surface area contributed by atoms with Gasteiger partial charge in [0.1, 0.15) is 0 Å². The van der Waals surface area contributed by atoms with Gasteiger partial charge in [0.25, 0.3) is 0 Å². The summed E-state index contributed by atoms with van der Waals surface area (Å²) in [7, 11) is 1.53. The number of nitrogens with zero attached hydrogens (tertiary/aromatic N) is 1. The molecule has 4 nitrogen and oxygen atoms in total. The Kier molecular flexibility index (Phi) is 2.89. The Bertz CT molecular complexity index is 568. The zero-order chi connectivity index (χ0) is 11.7. The molecule has 0 saturated carbocycles. The highest BCUT2D eigenvalue weighted by Gasteiger charge is 2.10. The van der Waals surface area contributed by atoms with Crippen molar-refractivity contribution in [3.05, 3.63) is 30.0 Å². The minimum Gasteiger partial charge on any atom is -0.481 e. The average Bonchev–Trinajstić information content (AvgIpc) is 2.26. The first-order valence-corrected chi connectivity index (χ1v) is 5.79. The fraction of sp³-hybridized carbons (Fsp3) is 0.182. The molecule has 0 aliphatic heterocycles. The highest BCUT2D eigenvalue weighted by atomic mass is 32.2. The molecule has 16 heavy (non-hydrogen) atoms. The maximum Gasteiger partial charge on any atom is 0.221 e. The Morgan fingerprint density at radius 1 is 1.38 bits per heavy atom. The van der Waals surface area contributed by atoms with Crippen LogP contribution in [0.2, 0.25) is 0 Å². The summed E-state index contributed by atoms with van der Waals surface area (Å²) in [4.78, 5) is 4.59. The van der Waals surface area contributed by atoms with Crippen molar-refractivity contribution in [1.29, 1.82) is 0 Å². The number of hydrogen-bond donors (Lipinski definition) is 1. The van der Waals surface area contributed by atoms with E-state index >= 15 is 0 Å². The molecule has 2 aromatic rings. The zero-order valence-electron chi connectivity index (χ0n) is 8.93. The van der Waals surface area contributed by atoms with E-state index in [0.717, 1.165) is 11.1 Å². The number of hydrogen-bond acceptors (Lipinski definition) is 3. The van der Waals surface area contributed by atoms with Gasteiger partial charge in [0.05, 0.1) is 12.0 Å². The van der Waals surface area contributed by atoms with Gasteiger partial charge in [0.2, 0.25) is 5.88 Å². The maximum atomic E-state index is 11.2.